The van der Waals surface area contributed by atoms with Gasteiger partial charge in [0, 0.05) is 12.4 Å². The normalized spacial score (nSPS) is 12.2. The molecule has 0 bridgehead atoms. The van der Waals surface area contributed by atoms with Crippen molar-refractivity contribution in [3.05, 3.63) is 29.6 Å². The molecule has 1 aromatic heterocycles. The topological polar surface area (TPSA) is 50.2 Å². The molecule has 1 rings (SSSR count). The number of aromatic carboxylic acids is 1. The van der Waals surface area contributed by atoms with Gasteiger partial charge in [0.15, 0.2) is 0 Å². The number of carboxylic acid groups (broad SMARTS) is 1. The summed E-state index contributed by atoms with van der Waals surface area (Å²) in [6.45, 7) is 4.52. The second-order valence-electron chi connectivity index (χ2n) is 8.73. The first-order valence-electron chi connectivity index (χ1n) is 12.3. The van der Waals surface area contributed by atoms with Crippen molar-refractivity contribution in [2.24, 2.45) is 5.92 Å². The van der Waals surface area contributed by atoms with Crippen LogP contribution in [0.1, 0.15) is 133 Å². The van der Waals surface area contributed by atoms with Crippen molar-refractivity contribution in [3.63, 3.8) is 0 Å². The fourth-order valence-corrected chi connectivity index (χ4v) is 4.23. The standard InChI is InChI=1S/C26H45NO2/c1-3-5-7-9-11-12-14-16-18-23(17-15-13-10-8-6-4-2)21-24-19-20-27-22-25(24)26(28)29/h19-20,22-23H,3-18,21H2,1-2H3,(H,28,29). The largest absolute Gasteiger partial charge is 0.478 e. The van der Waals surface area contributed by atoms with E-state index in [4.69, 9.17) is 0 Å². The summed E-state index contributed by atoms with van der Waals surface area (Å²) >= 11 is 0. The molecule has 0 saturated heterocycles. The van der Waals surface area contributed by atoms with Crippen LogP contribution in [0.15, 0.2) is 18.5 Å². The Morgan fingerprint density at radius 2 is 1.31 bits per heavy atom. The number of nitrogens with zero attached hydrogens (tertiary/aromatic N) is 1. The zero-order chi connectivity index (χ0) is 21.2. The molecule has 3 nitrogen and oxygen atoms in total. The van der Waals surface area contributed by atoms with Crippen LogP contribution in [0.25, 0.3) is 0 Å². The smallest absolute Gasteiger partial charge is 0.337 e. The fraction of sp³-hybridized carbons (Fsp3) is 0.769. The summed E-state index contributed by atoms with van der Waals surface area (Å²) < 4.78 is 0. The number of hydrogen-bond donors (Lipinski definition) is 1. The molecule has 0 fully saturated rings. The minimum Gasteiger partial charge on any atom is -0.478 e. The van der Waals surface area contributed by atoms with Crippen LogP contribution < -0.4 is 0 Å². The van der Waals surface area contributed by atoms with E-state index in [0.29, 0.717) is 11.5 Å². The lowest BCUT2D eigenvalue weighted by atomic mass is 9.87. The second-order valence-corrected chi connectivity index (χ2v) is 8.73. The highest BCUT2D eigenvalue weighted by Crippen LogP contribution is 2.24. The van der Waals surface area contributed by atoms with Crippen LogP contribution in [0, 0.1) is 5.92 Å². The van der Waals surface area contributed by atoms with E-state index in [0.717, 1.165) is 12.0 Å². The number of unbranched alkanes of at least 4 members (excludes halogenated alkanes) is 12. The third kappa shape index (κ3) is 12.7. The minimum atomic E-state index is -0.849. The van der Waals surface area contributed by atoms with E-state index in [1.165, 1.54) is 109 Å². The van der Waals surface area contributed by atoms with Gasteiger partial charge in [0.05, 0.1) is 5.56 Å². The molecular weight excluding hydrogens is 358 g/mol. The van der Waals surface area contributed by atoms with Crippen LogP contribution in [0.2, 0.25) is 0 Å². The van der Waals surface area contributed by atoms with Gasteiger partial charge in [0.1, 0.15) is 0 Å². The van der Waals surface area contributed by atoms with E-state index in [2.05, 4.69) is 18.8 Å². The number of pyridine rings is 1. The molecule has 0 spiro atoms. The van der Waals surface area contributed by atoms with Gasteiger partial charge in [-0.05, 0) is 24.0 Å². The van der Waals surface area contributed by atoms with E-state index >= 15 is 0 Å². The summed E-state index contributed by atoms with van der Waals surface area (Å²) in [5.41, 5.74) is 1.35. The molecule has 1 atom stereocenters. The lowest BCUT2D eigenvalue weighted by molar-refractivity contribution is 0.0695. The molecule has 1 unspecified atom stereocenters. The summed E-state index contributed by atoms with van der Waals surface area (Å²) in [6.07, 6.45) is 25.3. The molecule has 0 saturated carbocycles. The molecule has 0 radical (unpaired) electrons. The van der Waals surface area contributed by atoms with E-state index in [1.54, 1.807) is 6.20 Å². The van der Waals surface area contributed by atoms with Gasteiger partial charge < -0.3 is 5.11 Å². The van der Waals surface area contributed by atoms with Crippen molar-refractivity contribution in [1.29, 1.82) is 0 Å². The first-order chi connectivity index (χ1) is 14.2. The lowest BCUT2D eigenvalue weighted by Crippen LogP contribution is -2.10. The highest BCUT2D eigenvalue weighted by atomic mass is 16.4. The summed E-state index contributed by atoms with van der Waals surface area (Å²) in [6, 6.07) is 1.91. The highest BCUT2D eigenvalue weighted by Gasteiger charge is 2.15. The lowest BCUT2D eigenvalue weighted by Gasteiger charge is -2.18. The van der Waals surface area contributed by atoms with Crippen LogP contribution in [-0.4, -0.2) is 16.1 Å². The molecule has 0 amide bonds. The average molecular weight is 404 g/mol. The van der Waals surface area contributed by atoms with Crippen LogP contribution in [0.4, 0.5) is 0 Å². The Balaban J connectivity index is 2.43. The second kappa shape index (κ2) is 17.5. The van der Waals surface area contributed by atoms with Gasteiger partial charge in [-0.3, -0.25) is 4.98 Å². The number of aromatic nitrogens is 1. The molecule has 166 valence electrons. The summed E-state index contributed by atoms with van der Waals surface area (Å²) in [5.74, 6) is -0.250. The zero-order valence-corrected chi connectivity index (χ0v) is 19.1. The molecule has 0 aromatic carbocycles. The molecule has 0 aliphatic heterocycles. The average Bonchev–Trinajstić information content (AvgIpc) is 2.72. The van der Waals surface area contributed by atoms with Gasteiger partial charge >= 0.3 is 5.97 Å². The van der Waals surface area contributed by atoms with E-state index in [1.807, 2.05) is 6.07 Å². The Morgan fingerprint density at radius 1 is 0.828 bits per heavy atom. The number of carbonyl (C=O) groups is 1. The van der Waals surface area contributed by atoms with Crippen molar-refractivity contribution >= 4 is 5.97 Å². The first kappa shape index (κ1) is 25.7. The Bertz CT molecular complexity index is 529. The maximum Gasteiger partial charge on any atom is 0.337 e. The highest BCUT2D eigenvalue weighted by molar-refractivity contribution is 5.88. The predicted molar refractivity (Wildman–Crippen MR) is 124 cm³/mol. The summed E-state index contributed by atoms with van der Waals surface area (Å²) in [7, 11) is 0. The Hall–Kier alpha value is -1.38. The molecule has 3 heteroatoms. The summed E-state index contributed by atoms with van der Waals surface area (Å²) in [4.78, 5) is 15.5. The third-order valence-electron chi connectivity index (χ3n) is 6.08. The van der Waals surface area contributed by atoms with Crippen molar-refractivity contribution in [3.8, 4) is 0 Å². The van der Waals surface area contributed by atoms with Crippen LogP contribution in [-0.2, 0) is 6.42 Å². The Kier molecular flexibility index (Phi) is 15.5. The molecule has 29 heavy (non-hydrogen) atoms. The van der Waals surface area contributed by atoms with Crippen molar-refractivity contribution < 1.29 is 9.90 Å². The van der Waals surface area contributed by atoms with E-state index in [9.17, 15) is 9.90 Å². The third-order valence-corrected chi connectivity index (χ3v) is 6.08. The van der Waals surface area contributed by atoms with Gasteiger partial charge in [-0.2, -0.15) is 0 Å². The minimum absolute atomic E-state index is 0.386. The van der Waals surface area contributed by atoms with Crippen molar-refractivity contribution in [1.82, 2.24) is 4.98 Å². The molecule has 0 aliphatic carbocycles. The van der Waals surface area contributed by atoms with Crippen molar-refractivity contribution in [2.75, 3.05) is 0 Å². The maximum absolute atomic E-state index is 11.5. The molecule has 0 aliphatic rings. The number of carboxylic acids is 1. The van der Waals surface area contributed by atoms with E-state index < -0.39 is 5.97 Å². The van der Waals surface area contributed by atoms with Crippen LogP contribution >= 0.6 is 0 Å². The SMILES string of the molecule is CCCCCCCCCCC(CCCCCCCC)Cc1ccncc1C(=O)O. The van der Waals surface area contributed by atoms with Gasteiger partial charge in [-0.15, -0.1) is 0 Å². The first-order valence-corrected chi connectivity index (χ1v) is 12.3. The fourth-order valence-electron chi connectivity index (χ4n) is 4.23. The Labute approximate surface area is 179 Å². The zero-order valence-electron chi connectivity index (χ0n) is 19.1. The molecule has 1 aromatic rings. The number of rotatable bonds is 19. The molecular formula is C26H45NO2. The predicted octanol–water partition coefficient (Wildman–Crippen LogP) is 8.22. The van der Waals surface area contributed by atoms with Gasteiger partial charge in [0.25, 0.3) is 0 Å². The van der Waals surface area contributed by atoms with Gasteiger partial charge in [0.2, 0.25) is 0 Å². The van der Waals surface area contributed by atoms with Crippen molar-refractivity contribution in [2.45, 2.75) is 123 Å². The number of hydrogen-bond acceptors (Lipinski definition) is 2. The molecule has 1 heterocycles. The van der Waals surface area contributed by atoms with Gasteiger partial charge in [-0.1, -0.05) is 117 Å². The maximum atomic E-state index is 11.5. The molecule has 1 N–H and O–H groups in total. The Morgan fingerprint density at radius 3 is 1.79 bits per heavy atom. The monoisotopic (exact) mass is 403 g/mol. The van der Waals surface area contributed by atoms with Crippen LogP contribution in [0.5, 0.6) is 0 Å². The van der Waals surface area contributed by atoms with Gasteiger partial charge in [-0.25, -0.2) is 4.79 Å². The summed E-state index contributed by atoms with van der Waals surface area (Å²) in [5, 5.41) is 9.47. The van der Waals surface area contributed by atoms with E-state index in [-0.39, 0.29) is 0 Å². The van der Waals surface area contributed by atoms with Crippen LogP contribution in [0.3, 0.4) is 0 Å². The quantitative estimate of drug-likeness (QED) is 0.237.